The van der Waals surface area contributed by atoms with E-state index in [4.69, 9.17) is 0 Å². The number of hydrogen-bond acceptors (Lipinski definition) is 6. The van der Waals surface area contributed by atoms with Gasteiger partial charge in [0.2, 0.25) is 21.9 Å². The van der Waals surface area contributed by atoms with E-state index in [0.717, 1.165) is 31.9 Å². The van der Waals surface area contributed by atoms with Crippen LogP contribution in [0.1, 0.15) is 19.8 Å². The summed E-state index contributed by atoms with van der Waals surface area (Å²) in [7, 11) is -3.57. The van der Waals surface area contributed by atoms with Crippen molar-refractivity contribution >= 4 is 27.6 Å². The first-order valence-electron chi connectivity index (χ1n) is 8.83. The second kappa shape index (κ2) is 8.45. The lowest BCUT2D eigenvalue weighted by atomic mass is 9.97. The first-order valence-corrected chi connectivity index (χ1v) is 10.3. The fourth-order valence-electron chi connectivity index (χ4n) is 3.02. The average Bonchev–Trinajstić information content (AvgIpc) is 2.67. The highest BCUT2D eigenvalue weighted by molar-refractivity contribution is 7.89. The van der Waals surface area contributed by atoms with E-state index >= 15 is 0 Å². The average molecular weight is 389 g/mol. The molecule has 0 spiro atoms. The number of amides is 1. The van der Waals surface area contributed by atoms with Gasteiger partial charge in [0.1, 0.15) is 0 Å². The van der Waals surface area contributed by atoms with Gasteiger partial charge in [0.15, 0.2) is 0 Å². The van der Waals surface area contributed by atoms with Crippen molar-refractivity contribution in [1.29, 1.82) is 0 Å². The van der Waals surface area contributed by atoms with Crippen molar-refractivity contribution in [1.82, 2.24) is 14.7 Å². The largest absolute Gasteiger partial charge is 0.341 e. The molecule has 1 aliphatic heterocycles. The van der Waals surface area contributed by atoms with E-state index < -0.39 is 10.0 Å². The van der Waals surface area contributed by atoms with Gasteiger partial charge in [-0.05, 0) is 49.1 Å². The van der Waals surface area contributed by atoms with Crippen molar-refractivity contribution in [2.45, 2.75) is 24.7 Å². The van der Waals surface area contributed by atoms with E-state index in [1.807, 2.05) is 0 Å². The molecule has 1 saturated heterocycles. The molecule has 8 nitrogen and oxygen atoms in total. The summed E-state index contributed by atoms with van der Waals surface area (Å²) in [4.78, 5) is 21.8. The normalized spacial score (nSPS) is 15.5. The van der Waals surface area contributed by atoms with Crippen LogP contribution in [-0.2, 0) is 14.8 Å². The zero-order valence-electron chi connectivity index (χ0n) is 15.1. The smallest absolute Gasteiger partial charge is 0.240 e. The summed E-state index contributed by atoms with van der Waals surface area (Å²) >= 11 is 0. The summed E-state index contributed by atoms with van der Waals surface area (Å²) in [5, 5.41) is 2.62. The zero-order chi connectivity index (χ0) is 19.3. The van der Waals surface area contributed by atoms with Crippen LogP contribution in [0.5, 0.6) is 0 Å². The van der Waals surface area contributed by atoms with Gasteiger partial charge >= 0.3 is 0 Å². The molecule has 1 aromatic carbocycles. The van der Waals surface area contributed by atoms with Crippen molar-refractivity contribution in [3.8, 4) is 0 Å². The Hall–Kier alpha value is -2.52. The maximum atomic E-state index is 12.5. The lowest BCUT2D eigenvalue weighted by Gasteiger charge is -2.31. The van der Waals surface area contributed by atoms with Gasteiger partial charge in [0.05, 0.1) is 4.90 Å². The molecule has 0 atom stereocenters. The van der Waals surface area contributed by atoms with Gasteiger partial charge in [-0.1, -0.05) is 0 Å². The van der Waals surface area contributed by atoms with E-state index in [0.29, 0.717) is 12.2 Å². The van der Waals surface area contributed by atoms with Gasteiger partial charge in [-0.3, -0.25) is 4.79 Å². The van der Waals surface area contributed by atoms with Crippen molar-refractivity contribution in [3.63, 3.8) is 0 Å². The molecule has 3 rings (SSSR count). The van der Waals surface area contributed by atoms with Gasteiger partial charge in [-0.2, -0.15) is 0 Å². The summed E-state index contributed by atoms with van der Waals surface area (Å²) in [5.41, 5.74) is 0.567. The molecule has 2 heterocycles. The summed E-state index contributed by atoms with van der Waals surface area (Å²) < 4.78 is 27.6. The highest BCUT2D eigenvalue weighted by atomic mass is 32.2. The first kappa shape index (κ1) is 19.2. The van der Waals surface area contributed by atoms with Crippen LogP contribution in [0.2, 0.25) is 0 Å². The Bertz CT molecular complexity index is 864. The second-order valence-electron chi connectivity index (χ2n) is 6.54. The number of carbonyl (C=O) groups is 1. The van der Waals surface area contributed by atoms with Crippen LogP contribution in [0.3, 0.4) is 0 Å². The molecule has 0 saturated carbocycles. The number of anilines is 2. The van der Waals surface area contributed by atoms with Crippen molar-refractivity contribution < 1.29 is 13.2 Å². The SMILES string of the molecule is CC(=O)Nc1ccc(S(=O)(=O)NCC2CCN(c3ncccn3)CC2)cc1. The third kappa shape index (κ3) is 5.24. The number of aromatic nitrogens is 2. The number of benzene rings is 1. The fourth-order valence-corrected chi connectivity index (χ4v) is 4.14. The number of sulfonamides is 1. The predicted molar refractivity (Wildman–Crippen MR) is 103 cm³/mol. The maximum absolute atomic E-state index is 12.5. The maximum Gasteiger partial charge on any atom is 0.240 e. The van der Waals surface area contributed by atoms with Gasteiger partial charge in [-0.25, -0.2) is 23.1 Å². The quantitative estimate of drug-likeness (QED) is 0.778. The van der Waals surface area contributed by atoms with E-state index in [-0.39, 0.29) is 16.7 Å². The van der Waals surface area contributed by atoms with Crippen molar-refractivity contribution in [3.05, 3.63) is 42.7 Å². The van der Waals surface area contributed by atoms with Crippen LogP contribution in [0.25, 0.3) is 0 Å². The van der Waals surface area contributed by atoms with Crippen LogP contribution in [0.4, 0.5) is 11.6 Å². The molecule has 144 valence electrons. The molecule has 2 aromatic rings. The van der Waals surface area contributed by atoms with E-state index in [1.165, 1.54) is 19.1 Å². The Labute approximate surface area is 159 Å². The van der Waals surface area contributed by atoms with Crippen LogP contribution in [-0.4, -0.2) is 43.9 Å². The minimum Gasteiger partial charge on any atom is -0.341 e. The molecule has 1 fully saturated rings. The van der Waals surface area contributed by atoms with Crippen LogP contribution >= 0.6 is 0 Å². The Kier molecular flexibility index (Phi) is 6.02. The van der Waals surface area contributed by atoms with Crippen LogP contribution in [0, 0.1) is 5.92 Å². The van der Waals surface area contributed by atoms with E-state index in [9.17, 15) is 13.2 Å². The van der Waals surface area contributed by atoms with Crippen LogP contribution < -0.4 is 14.9 Å². The monoisotopic (exact) mass is 389 g/mol. The molecule has 0 radical (unpaired) electrons. The van der Waals surface area contributed by atoms with E-state index in [2.05, 4.69) is 24.9 Å². The molecule has 9 heteroatoms. The van der Waals surface area contributed by atoms with Crippen LogP contribution in [0.15, 0.2) is 47.6 Å². The minimum atomic E-state index is -3.57. The molecule has 1 aromatic heterocycles. The van der Waals surface area contributed by atoms with Gasteiger partial charge in [0, 0.05) is 44.6 Å². The summed E-state index contributed by atoms with van der Waals surface area (Å²) in [6.07, 6.45) is 5.20. The molecule has 1 aliphatic rings. The highest BCUT2D eigenvalue weighted by Gasteiger charge is 2.23. The number of carbonyl (C=O) groups excluding carboxylic acids is 1. The number of nitrogens with zero attached hydrogens (tertiary/aromatic N) is 3. The molecule has 27 heavy (non-hydrogen) atoms. The number of rotatable bonds is 6. The molecule has 0 aliphatic carbocycles. The number of piperidine rings is 1. The fraction of sp³-hybridized carbons (Fsp3) is 0.389. The summed E-state index contributed by atoms with van der Waals surface area (Å²) in [6, 6.07) is 7.92. The molecule has 1 amide bonds. The van der Waals surface area contributed by atoms with Crippen molar-refractivity contribution in [2.75, 3.05) is 29.9 Å². The van der Waals surface area contributed by atoms with Gasteiger partial charge in [0.25, 0.3) is 0 Å². The number of hydrogen-bond donors (Lipinski definition) is 2. The molecular formula is C18H23N5O3S. The Balaban J connectivity index is 1.51. The minimum absolute atomic E-state index is 0.187. The molecule has 0 unspecified atom stereocenters. The third-order valence-electron chi connectivity index (χ3n) is 4.50. The third-order valence-corrected chi connectivity index (χ3v) is 5.94. The lowest BCUT2D eigenvalue weighted by molar-refractivity contribution is -0.114. The zero-order valence-corrected chi connectivity index (χ0v) is 15.9. The Morgan fingerprint density at radius 2 is 1.78 bits per heavy atom. The van der Waals surface area contributed by atoms with Gasteiger partial charge in [-0.15, -0.1) is 0 Å². The predicted octanol–water partition coefficient (Wildman–Crippen LogP) is 1.63. The second-order valence-corrected chi connectivity index (χ2v) is 8.30. The molecule has 0 bridgehead atoms. The Morgan fingerprint density at radius 1 is 1.15 bits per heavy atom. The highest BCUT2D eigenvalue weighted by Crippen LogP contribution is 2.20. The summed E-state index contributed by atoms with van der Waals surface area (Å²) in [5.74, 6) is 0.796. The number of nitrogens with one attached hydrogen (secondary N) is 2. The topological polar surface area (TPSA) is 104 Å². The molecular weight excluding hydrogens is 366 g/mol. The van der Waals surface area contributed by atoms with E-state index in [1.54, 1.807) is 30.6 Å². The Morgan fingerprint density at radius 3 is 2.37 bits per heavy atom. The lowest BCUT2D eigenvalue weighted by Crippen LogP contribution is -2.39. The van der Waals surface area contributed by atoms with Gasteiger partial charge < -0.3 is 10.2 Å². The standard InChI is InChI=1S/C18H23N5O3S/c1-14(24)22-16-3-5-17(6-4-16)27(25,26)21-13-15-7-11-23(12-8-15)18-19-9-2-10-20-18/h2-6,9-10,15,21H,7-8,11-13H2,1H3,(H,22,24). The first-order chi connectivity index (χ1) is 12.9. The summed E-state index contributed by atoms with van der Waals surface area (Å²) in [6.45, 7) is 3.42. The van der Waals surface area contributed by atoms with Crippen molar-refractivity contribution in [2.24, 2.45) is 5.92 Å². The molecule has 2 N–H and O–H groups in total.